The highest BCUT2D eigenvalue weighted by Gasteiger charge is 2.33. The van der Waals surface area contributed by atoms with E-state index in [2.05, 4.69) is 21.0 Å². The number of carbonyl (C=O) groups is 1. The molecular weight excluding hydrogens is 512 g/mol. The Labute approximate surface area is 200 Å². The Hall–Kier alpha value is -4.32. The molecule has 1 atom stereocenters. The minimum absolute atomic E-state index is 0.147. The van der Waals surface area contributed by atoms with Gasteiger partial charge < -0.3 is 9.47 Å². The molecule has 12 heteroatoms. The van der Waals surface area contributed by atoms with Gasteiger partial charge in [-0.15, -0.1) is 5.10 Å². The van der Waals surface area contributed by atoms with Gasteiger partial charge in [0.15, 0.2) is 0 Å². The second-order valence-electron chi connectivity index (χ2n) is 7.09. The van der Waals surface area contributed by atoms with E-state index in [-0.39, 0.29) is 23.3 Å². The number of hydrogen-bond acceptors (Lipinski definition) is 8. The third-order valence-electron chi connectivity index (χ3n) is 4.78. The second kappa shape index (κ2) is 9.27. The highest BCUT2D eigenvalue weighted by molar-refractivity contribution is 9.10. The molecule has 0 fully saturated rings. The zero-order valence-electron chi connectivity index (χ0n) is 17.5. The van der Waals surface area contributed by atoms with E-state index in [0.29, 0.717) is 11.1 Å². The zero-order valence-corrected chi connectivity index (χ0v) is 19.0. The van der Waals surface area contributed by atoms with Gasteiger partial charge in [-0.1, -0.05) is 22.0 Å². The van der Waals surface area contributed by atoms with Gasteiger partial charge in [-0.3, -0.25) is 25.0 Å². The average Bonchev–Trinajstić information content (AvgIpc) is 3.25. The number of nitro groups is 2. The van der Waals surface area contributed by atoms with Crippen LogP contribution in [0.25, 0.3) is 0 Å². The van der Waals surface area contributed by atoms with Gasteiger partial charge in [0.1, 0.15) is 5.75 Å². The molecule has 0 bridgehead atoms. The maximum absolute atomic E-state index is 12.2. The highest BCUT2D eigenvalue weighted by atomic mass is 79.9. The molecule has 0 aromatic heterocycles. The Bertz CT molecular complexity index is 1330. The first kappa shape index (κ1) is 22.9. The molecule has 34 heavy (non-hydrogen) atoms. The normalized spacial score (nSPS) is 14.8. The summed E-state index contributed by atoms with van der Waals surface area (Å²) in [6.07, 6.45) is -0.811. The Balaban J connectivity index is 1.56. The first-order valence-electron chi connectivity index (χ1n) is 9.74. The Kier molecular flexibility index (Phi) is 6.23. The Morgan fingerprint density at radius 1 is 1.06 bits per heavy atom. The first-order chi connectivity index (χ1) is 16.2. The summed E-state index contributed by atoms with van der Waals surface area (Å²) < 4.78 is 12.4. The molecule has 0 radical (unpaired) electrons. The SMILES string of the molecule is CC(=O)N1N=C(c2cccc(Br)c2)OC1c1ccc(Oc2ccc([N+](=O)[O-])cc2[N+](=O)[O-])cc1. The maximum atomic E-state index is 12.2. The molecule has 1 unspecified atom stereocenters. The van der Waals surface area contributed by atoms with Crippen molar-refractivity contribution in [2.24, 2.45) is 5.10 Å². The van der Waals surface area contributed by atoms with Crippen LogP contribution in [-0.4, -0.2) is 26.7 Å². The van der Waals surface area contributed by atoms with Crippen LogP contribution in [0.3, 0.4) is 0 Å². The van der Waals surface area contributed by atoms with Crippen LogP contribution in [0.4, 0.5) is 11.4 Å². The van der Waals surface area contributed by atoms with Gasteiger partial charge in [0.05, 0.1) is 15.9 Å². The van der Waals surface area contributed by atoms with E-state index in [9.17, 15) is 25.0 Å². The van der Waals surface area contributed by atoms with Crippen molar-refractivity contribution in [2.45, 2.75) is 13.2 Å². The summed E-state index contributed by atoms with van der Waals surface area (Å²) in [5.41, 5.74) is 0.327. The molecule has 1 amide bonds. The lowest BCUT2D eigenvalue weighted by Crippen LogP contribution is -2.25. The quantitative estimate of drug-likeness (QED) is 0.313. The molecule has 3 aromatic rings. The topological polar surface area (TPSA) is 137 Å². The number of carbonyl (C=O) groups excluding carboxylic acids is 1. The number of amides is 1. The zero-order chi connectivity index (χ0) is 24.4. The standard InChI is InChI=1S/C22H15BrN4O7/c1-13(28)25-22(34-21(24-25)15-3-2-4-16(23)11-15)14-5-8-18(9-6-14)33-20-10-7-17(26(29)30)12-19(20)27(31)32/h2-12,22H,1H3. The molecule has 0 N–H and O–H groups in total. The minimum Gasteiger partial charge on any atom is -0.450 e. The largest absolute Gasteiger partial charge is 0.450 e. The summed E-state index contributed by atoms with van der Waals surface area (Å²) in [5.74, 6) is 0.0625. The third-order valence-corrected chi connectivity index (χ3v) is 5.27. The lowest BCUT2D eigenvalue weighted by atomic mass is 10.2. The molecule has 1 aliphatic heterocycles. The van der Waals surface area contributed by atoms with Gasteiger partial charge in [-0.2, -0.15) is 5.01 Å². The molecule has 11 nitrogen and oxygen atoms in total. The van der Waals surface area contributed by atoms with E-state index >= 15 is 0 Å². The van der Waals surface area contributed by atoms with Gasteiger partial charge in [0.25, 0.3) is 5.69 Å². The molecule has 0 spiro atoms. The Morgan fingerprint density at radius 2 is 1.79 bits per heavy atom. The molecular formula is C22H15BrN4O7. The number of hydrogen-bond donors (Lipinski definition) is 0. The van der Waals surface area contributed by atoms with Crippen LogP contribution in [0.1, 0.15) is 24.3 Å². The summed E-state index contributed by atoms with van der Waals surface area (Å²) in [4.78, 5) is 32.9. The van der Waals surface area contributed by atoms with Crippen LogP contribution in [0.2, 0.25) is 0 Å². The van der Waals surface area contributed by atoms with E-state index in [0.717, 1.165) is 16.6 Å². The summed E-state index contributed by atoms with van der Waals surface area (Å²) in [7, 11) is 0. The first-order valence-corrected chi connectivity index (χ1v) is 10.5. The number of benzene rings is 3. The van der Waals surface area contributed by atoms with Gasteiger partial charge >= 0.3 is 5.69 Å². The van der Waals surface area contributed by atoms with Crippen molar-refractivity contribution in [3.05, 3.63) is 103 Å². The summed E-state index contributed by atoms with van der Waals surface area (Å²) >= 11 is 3.39. The van der Waals surface area contributed by atoms with Gasteiger partial charge in [-0.05, 0) is 48.5 Å². The molecule has 1 heterocycles. The minimum atomic E-state index is -0.811. The van der Waals surface area contributed by atoms with Gasteiger partial charge in [0, 0.05) is 28.6 Å². The number of ether oxygens (including phenoxy) is 2. The lowest BCUT2D eigenvalue weighted by molar-refractivity contribution is -0.394. The number of rotatable bonds is 6. The highest BCUT2D eigenvalue weighted by Crippen LogP contribution is 2.36. The van der Waals surface area contributed by atoms with Crippen molar-refractivity contribution >= 4 is 39.1 Å². The second-order valence-corrected chi connectivity index (χ2v) is 8.00. The van der Waals surface area contributed by atoms with E-state index in [1.165, 1.54) is 18.0 Å². The van der Waals surface area contributed by atoms with Crippen LogP contribution >= 0.6 is 15.9 Å². The number of hydrazone groups is 1. The van der Waals surface area contributed by atoms with Gasteiger partial charge in [-0.25, -0.2) is 0 Å². The van der Waals surface area contributed by atoms with Crippen molar-refractivity contribution in [1.82, 2.24) is 5.01 Å². The predicted molar refractivity (Wildman–Crippen MR) is 123 cm³/mol. The number of halogens is 1. The molecule has 1 aliphatic rings. The summed E-state index contributed by atoms with van der Waals surface area (Å²) in [6.45, 7) is 1.37. The van der Waals surface area contributed by atoms with Crippen LogP contribution < -0.4 is 4.74 Å². The monoisotopic (exact) mass is 526 g/mol. The van der Waals surface area contributed by atoms with Crippen LogP contribution in [-0.2, 0) is 9.53 Å². The number of nitrogens with zero attached hydrogens (tertiary/aromatic N) is 4. The van der Waals surface area contributed by atoms with Crippen molar-refractivity contribution in [1.29, 1.82) is 0 Å². The number of non-ortho nitro benzene ring substituents is 1. The van der Waals surface area contributed by atoms with Gasteiger partial charge in [0.2, 0.25) is 23.8 Å². The van der Waals surface area contributed by atoms with E-state index in [4.69, 9.17) is 9.47 Å². The van der Waals surface area contributed by atoms with Crippen molar-refractivity contribution in [3.8, 4) is 11.5 Å². The fraction of sp³-hybridized carbons (Fsp3) is 0.0909. The average molecular weight is 527 g/mol. The van der Waals surface area contributed by atoms with E-state index in [1.807, 2.05) is 18.2 Å². The summed E-state index contributed by atoms with van der Waals surface area (Å²) in [6, 6.07) is 16.8. The van der Waals surface area contributed by atoms with Crippen LogP contribution in [0, 0.1) is 20.2 Å². The number of nitro benzene ring substituents is 2. The Morgan fingerprint density at radius 3 is 2.41 bits per heavy atom. The molecule has 0 saturated carbocycles. The molecule has 0 saturated heterocycles. The fourth-order valence-corrected chi connectivity index (χ4v) is 3.60. The maximum Gasteiger partial charge on any atom is 0.318 e. The van der Waals surface area contributed by atoms with E-state index < -0.39 is 27.4 Å². The van der Waals surface area contributed by atoms with E-state index in [1.54, 1.807) is 30.3 Å². The van der Waals surface area contributed by atoms with Crippen molar-refractivity contribution < 1.29 is 24.1 Å². The molecule has 3 aromatic carbocycles. The molecule has 4 rings (SSSR count). The summed E-state index contributed by atoms with van der Waals surface area (Å²) in [5, 5.41) is 27.7. The van der Waals surface area contributed by atoms with Crippen molar-refractivity contribution in [2.75, 3.05) is 0 Å². The fourth-order valence-electron chi connectivity index (χ4n) is 3.20. The predicted octanol–water partition coefficient (Wildman–Crippen LogP) is 5.30. The molecule has 172 valence electrons. The van der Waals surface area contributed by atoms with Crippen LogP contribution in [0.15, 0.2) is 76.3 Å². The van der Waals surface area contributed by atoms with Crippen LogP contribution in [0.5, 0.6) is 11.5 Å². The molecule has 0 aliphatic carbocycles. The smallest absolute Gasteiger partial charge is 0.318 e. The van der Waals surface area contributed by atoms with Crippen molar-refractivity contribution in [3.63, 3.8) is 0 Å². The lowest BCUT2D eigenvalue weighted by Gasteiger charge is -2.19. The third kappa shape index (κ3) is 4.71.